The Morgan fingerprint density at radius 3 is 2.55 bits per heavy atom. The molecule has 2 bridgehead atoms. The van der Waals surface area contributed by atoms with Crippen molar-refractivity contribution in [2.75, 3.05) is 23.2 Å². The van der Waals surface area contributed by atoms with Gasteiger partial charge in [-0.2, -0.15) is 10.3 Å². The topological polar surface area (TPSA) is 108 Å². The van der Waals surface area contributed by atoms with Gasteiger partial charge >= 0.3 is 0 Å². The minimum Gasteiger partial charge on any atom is -1.00 e. The summed E-state index contributed by atoms with van der Waals surface area (Å²) in [6.45, 7) is 1.76. The third kappa shape index (κ3) is 2.91. The quantitative estimate of drug-likeness (QED) is 0.336. The van der Waals surface area contributed by atoms with Crippen LogP contribution in [0.25, 0.3) is 0 Å². The molecule has 3 atom stereocenters. The van der Waals surface area contributed by atoms with Gasteiger partial charge in [0.1, 0.15) is 17.1 Å². The average molecular weight is 473 g/mol. The molecule has 0 saturated carbocycles. The van der Waals surface area contributed by atoms with E-state index in [-0.39, 0.29) is 37.1 Å². The van der Waals surface area contributed by atoms with Crippen LogP contribution in [0.1, 0.15) is 23.7 Å². The van der Waals surface area contributed by atoms with Crippen LogP contribution in [-0.4, -0.2) is 56.3 Å². The van der Waals surface area contributed by atoms with Gasteiger partial charge in [0.15, 0.2) is 0 Å². The molecule has 4 N–H and O–H groups in total. The third-order valence-corrected chi connectivity index (χ3v) is 6.44. The number of hydrogen-bond acceptors (Lipinski definition) is 8. The number of aliphatic hydroxyl groups is 1. The first-order valence-electron chi connectivity index (χ1n) is 10.5. The lowest BCUT2D eigenvalue weighted by Gasteiger charge is -2.51. The van der Waals surface area contributed by atoms with Crippen molar-refractivity contribution in [1.29, 1.82) is 0 Å². The molecule has 3 heterocycles. The van der Waals surface area contributed by atoms with Crippen molar-refractivity contribution in [2.24, 2.45) is 0 Å². The number of nitrogens with zero attached hydrogens (tertiary/aromatic N) is 4. The molecule has 3 aliphatic heterocycles. The molecule has 5 rings (SSSR count). The number of phenolic OH excluding ortho intramolecular Hbond substituents is 1. The van der Waals surface area contributed by atoms with Crippen molar-refractivity contribution in [1.82, 2.24) is 9.66 Å². The Kier molecular flexibility index (Phi) is 5.63. The van der Waals surface area contributed by atoms with Crippen LogP contribution in [0.4, 0.5) is 17.1 Å². The van der Waals surface area contributed by atoms with E-state index in [1.165, 1.54) is 24.3 Å². The Labute approximate surface area is 197 Å². The van der Waals surface area contributed by atoms with Crippen LogP contribution in [0, 0.1) is 0 Å². The van der Waals surface area contributed by atoms with Crippen LogP contribution in [0.15, 0.2) is 66.9 Å². The molecule has 9 nitrogen and oxygen atoms in total. The maximum Gasteiger partial charge on any atom is 0.247 e. The van der Waals surface area contributed by atoms with Gasteiger partial charge in [-0.1, -0.05) is 13.0 Å². The van der Waals surface area contributed by atoms with Crippen molar-refractivity contribution in [3.05, 3.63) is 72.5 Å². The van der Waals surface area contributed by atoms with Gasteiger partial charge in [0.25, 0.3) is 0 Å². The Balaban J connectivity index is 0.00000259. The molecule has 2 aromatic rings. The van der Waals surface area contributed by atoms with Gasteiger partial charge in [-0.3, -0.25) is 10.0 Å². The molecule has 2 aromatic carbocycles. The lowest BCUT2D eigenvalue weighted by molar-refractivity contribution is -0.145. The number of β-amino-alcohol motifs (C(OH)–C–C–N with tert-alkyl or cyclic N) is 1. The third-order valence-electron chi connectivity index (χ3n) is 6.44. The monoisotopic (exact) mass is 472 g/mol. The van der Waals surface area contributed by atoms with Crippen LogP contribution in [-0.2, 0) is 0 Å². The van der Waals surface area contributed by atoms with Crippen molar-refractivity contribution in [2.45, 2.75) is 25.2 Å². The number of Topliss-reactive ketones (excluding diaryl/α,β-unsaturated/α-hetero) is 1. The fraction of sp³-hybridized carbons (Fsp3) is 0.261. The van der Waals surface area contributed by atoms with E-state index in [1.54, 1.807) is 52.5 Å². The number of halogens is 1. The number of rotatable bonds is 6. The summed E-state index contributed by atoms with van der Waals surface area (Å²) in [6.07, 6.45) is 6.52. The SMILES string of the molecule is CCC1N(O)c2ccc3cc2[N+]1(O)N3C1(C(=O)c2ccc(O)cc2)C=CC=CN1CCO.[Cl-]. The van der Waals surface area contributed by atoms with Crippen molar-refractivity contribution < 1.29 is 37.8 Å². The van der Waals surface area contributed by atoms with Crippen LogP contribution >= 0.6 is 0 Å². The van der Waals surface area contributed by atoms with E-state index in [1.807, 2.05) is 6.92 Å². The van der Waals surface area contributed by atoms with Gasteiger partial charge in [0.2, 0.25) is 23.3 Å². The first kappa shape index (κ1) is 23.1. The van der Waals surface area contributed by atoms with Crippen LogP contribution in [0.3, 0.4) is 0 Å². The van der Waals surface area contributed by atoms with E-state index in [9.17, 15) is 25.4 Å². The van der Waals surface area contributed by atoms with Gasteiger partial charge in [0, 0.05) is 30.8 Å². The van der Waals surface area contributed by atoms with Gasteiger partial charge in [-0.25, -0.2) is 0 Å². The fourth-order valence-electron chi connectivity index (χ4n) is 5.07. The van der Waals surface area contributed by atoms with Gasteiger partial charge < -0.3 is 27.5 Å². The molecule has 0 aromatic heterocycles. The average Bonchev–Trinajstić information content (AvgIpc) is 3.15. The number of aromatic hydroxyl groups is 1. The predicted molar refractivity (Wildman–Crippen MR) is 118 cm³/mol. The largest absolute Gasteiger partial charge is 1.00 e. The second-order valence-electron chi connectivity index (χ2n) is 8.09. The zero-order valence-corrected chi connectivity index (χ0v) is 18.7. The molecule has 3 unspecified atom stereocenters. The van der Waals surface area contributed by atoms with Gasteiger partial charge in [-0.05, 0) is 53.3 Å². The van der Waals surface area contributed by atoms with Crippen LogP contribution in [0.5, 0.6) is 5.75 Å². The van der Waals surface area contributed by atoms with E-state index in [2.05, 4.69) is 0 Å². The highest BCUT2D eigenvalue weighted by molar-refractivity contribution is 6.08. The van der Waals surface area contributed by atoms with Crippen LogP contribution < -0.4 is 27.2 Å². The van der Waals surface area contributed by atoms with Crippen molar-refractivity contribution in [3.63, 3.8) is 0 Å². The Bertz CT molecular complexity index is 1140. The number of aliphatic hydroxyl groups excluding tert-OH is 1. The highest BCUT2D eigenvalue weighted by atomic mass is 35.5. The Morgan fingerprint density at radius 2 is 1.88 bits per heavy atom. The summed E-state index contributed by atoms with van der Waals surface area (Å²) in [5.74, 6) is -0.320. The summed E-state index contributed by atoms with van der Waals surface area (Å²) in [4.78, 5) is 15.9. The summed E-state index contributed by atoms with van der Waals surface area (Å²) >= 11 is 0. The molecule has 0 saturated heterocycles. The number of carbonyl (C=O) groups is 1. The number of anilines is 2. The summed E-state index contributed by atoms with van der Waals surface area (Å²) in [7, 11) is 0. The van der Waals surface area contributed by atoms with E-state index in [0.717, 1.165) is 5.06 Å². The Morgan fingerprint density at radius 1 is 1.15 bits per heavy atom. The second kappa shape index (κ2) is 8.05. The number of quaternary nitrogens is 1. The molecular weight excluding hydrogens is 448 g/mol. The number of benzene rings is 2. The summed E-state index contributed by atoms with van der Waals surface area (Å²) < 4.78 is -0.797. The minimum atomic E-state index is -1.55. The molecule has 0 spiro atoms. The maximum atomic E-state index is 14.2. The summed E-state index contributed by atoms with van der Waals surface area (Å²) in [6, 6.07) is 11.2. The highest BCUT2D eigenvalue weighted by Gasteiger charge is 2.67. The standard InChI is InChI=1S/C23H24N4O5.ClH/c1-2-21-25(31)19-10-7-17-15-20(19)27(21,32)26(17)23(11-3-4-12-24(23)13-14-28)22(30)16-5-8-18(29)9-6-16;/h3-12,15,21,28,31-32H,2,13-14H2,1H3;1H. The minimum absolute atomic E-state index is 0. The Hall–Kier alpha value is -3.08. The van der Waals surface area contributed by atoms with Gasteiger partial charge in [0.05, 0.1) is 6.61 Å². The lowest BCUT2D eigenvalue weighted by Crippen LogP contribution is -3.00. The predicted octanol–water partition coefficient (Wildman–Crippen LogP) is -0.270. The number of hydrogen-bond donors (Lipinski definition) is 4. The van der Waals surface area contributed by atoms with Crippen LogP contribution in [0.2, 0.25) is 0 Å². The van der Waals surface area contributed by atoms with Crippen molar-refractivity contribution >= 4 is 22.8 Å². The molecule has 0 radical (unpaired) electrons. The molecular formula is C23H25ClN4O5. The van der Waals surface area contributed by atoms with E-state index < -0.39 is 16.6 Å². The maximum absolute atomic E-state index is 14.2. The van der Waals surface area contributed by atoms with E-state index in [4.69, 9.17) is 0 Å². The summed E-state index contributed by atoms with van der Waals surface area (Å²) in [5, 5.41) is 45.0. The number of fused-ring (bicyclic) bond motifs is 1. The van der Waals surface area contributed by atoms with E-state index in [0.29, 0.717) is 29.0 Å². The normalized spacial score (nSPS) is 26.7. The smallest absolute Gasteiger partial charge is 0.247 e. The van der Waals surface area contributed by atoms with Crippen molar-refractivity contribution in [3.8, 4) is 5.75 Å². The molecule has 3 aliphatic rings. The van der Waals surface area contributed by atoms with Gasteiger partial charge in [-0.15, -0.1) is 5.01 Å². The lowest BCUT2D eigenvalue weighted by atomic mass is 9.92. The molecule has 0 aliphatic carbocycles. The first-order chi connectivity index (χ1) is 15.4. The molecule has 10 heteroatoms. The zero-order valence-electron chi connectivity index (χ0n) is 17.9. The fourth-order valence-corrected chi connectivity index (χ4v) is 5.07. The number of hydroxylamine groups is 2. The number of phenols is 1. The highest BCUT2D eigenvalue weighted by Crippen LogP contribution is 2.56. The number of ketones is 1. The molecule has 0 amide bonds. The second-order valence-corrected chi connectivity index (χ2v) is 8.09. The zero-order chi connectivity index (χ0) is 22.7. The summed E-state index contributed by atoms with van der Waals surface area (Å²) in [5.41, 5.74) is 0.330. The molecule has 33 heavy (non-hydrogen) atoms. The first-order valence-corrected chi connectivity index (χ1v) is 10.5. The number of allylic oxidation sites excluding steroid dienone is 2. The molecule has 0 fully saturated rings. The molecule has 174 valence electrons. The number of carbonyl (C=O) groups excluding carboxylic acids is 1. The van der Waals surface area contributed by atoms with E-state index >= 15 is 0 Å².